The van der Waals surface area contributed by atoms with Crippen molar-refractivity contribution in [2.45, 2.75) is 24.7 Å². The van der Waals surface area contributed by atoms with Crippen molar-refractivity contribution in [3.05, 3.63) is 54.1 Å². The molecular weight excluding hydrogens is 372 g/mol. The highest BCUT2D eigenvalue weighted by Crippen LogP contribution is 2.42. The Morgan fingerprint density at radius 1 is 0.893 bits per heavy atom. The molecule has 0 radical (unpaired) electrons. The molecule has 2 aromatic rings. The summed E-state index contributed by atoms with van der Waals surface area (Å²) in [7, 11) is 0. The van der Waals surface area contributed by atoms with Crippen LogP contribution in [0.4, 0.5) is 0 Å². The molecule has 0 aliphatic carbocycles. The first kappa shape index (κ1) is 19.2. The monoisotopic (exact) mass is 388 g/mol. The molecule has 9 heteroatoms. The molecular formula is C19H16O9. The Morgan fingerprint density at radius 3 is 2.04 bits per heavy atom. The third kappa shape index (κ3) is 4.04. The average molecular weight is 388 g/mol. The second kappa shape index (κ2) is 7.57. The maximum absolute atomic E-state index is 12.5. The van der Waals surface area contributed by atoms with E-state index < -0.39 is 42.6 Å². The van der Waals surface area contributed by atoms with Crippen LogP contribution in [0.5, 0.6) is 17.2 Å². The lowest BCUT2D eigenvalue weighted by molar-refractivity contribution is -0.192. The van der Waals surface area contributed by atoms with Gasteiger partial charge in [-0.05, 0) is 24.3 Å². The molecule has 9 nitrogen and oxygen atoms in total. The van der Waals surface area contributed by atoms with Gasteiger partial charge in [0.05, 0.1) is 18.4 Å². The van der Waals surface area contributed by atoms with Crippen LogP contribution in [0.15, 0.2) is 48.5 Å². The van der Waals surface area contributed by atoms with Crippen LogP contribution >= 0.6 is 0 Å². The van der Waals surface area contributed by atoms with Crippen LogP contribution in [-0.4, -0.2) is 38.8 Å². The van der Waals surface area contributed by atoms with E-state index in [0.29, 0.717) is 17.1 Å². The molecule has 3 rings (SSSR count). The highest BCUT2D eigenvalue weighted by molar-refractivity contribution is 5.89. The number of hydrogen-bond acceptors (Lipinski definition) is 7. The standard InChI is InChI=1S/C19H16O9/c20-15(21)9-19(25,10-16(22)23)18(24)28-17-11-5-1-2-6-12(11)26-13-7-3-4-8-14(13)27-17/h1-8,17,25H,9-10H2,(H,20,21)(H,22,23). The van der Waals surface area contributed by atoms with Crippen LogP contribution < -0.4 is 9.47 Å². The van der Waals surface area contributed by atoms with E-state index in [4.69, 9.17) is 24.4 Å². The van der Waals surface area contributed by atoms with Crippen molar-refractivity contribution in [1.82, 2.24) is 0 Å². The van der Waals surface area contributed by atoms with E-state index in [2.05, 4.69) is 0 Å². The maximum atomic E-state index is 12.5. The Kier molecular flexibility index (Phi) is 5.18. The van der Waals surface area contributed by atoms with Gasteiger partial charge in [-0.25, -0.2) is 4.79 Å². The minimum atomic E-state index is -2.76. The predicted molar refractivity (Wildman–Crippen MR) is 91.9 cm³/mol. The second-order valence-corrected chi connectivity index (χ2v) is 6.11. The molecule has 28 heavy (non-hydrogen) atoms. The number of aliphatic hydroxyl groups is 1. The maximum Gasteiger partial charge on any atom is 0.342 e. The van der Waals surface area contributed by atoms with Crippen molar-refractivity contribution in [1.29, 1.82) is 0 Å². The molecule has 1 aliphatic heterocycles. The fourth-order valence-corrected chi connectivity index (χ4v) is 2.70. The fraction of sp³-hybridized carbons (Fsp3) is 0.211. The van der Waals surface area contributed by atoms with Crippen molar-refractivity contribution < 1.29 is 43.9 Å². The second-order valence-electron chi connectivity index (χ2n) is 6.11. The first-order valence-electron chi connectivity index (χ1n) is 8.18. The van der Waals surface area contributed by atoms with Crippen molar-refractivity contribution >= 4 is 17.9 Å². The largest absolute Gasteiger partial charge is 0.481 e. The minimum Gasteiger partial charge on any atom is -0.481 e. The Hall–Kier alpha value is -3.59. The number of carbonyl (C=O) groups is 3. The first-order valence-corrected chi connectivity index (χ1v) is 8.18. The van der Waals surface area contributed by atoms with Gasteiger partial charge >= 0.3 is 17.9 Å². The summed E-state index contributed by atoms with van der Waals surface area (Å²) in [5, 5.41) is 28.2. The lowest BCUT2D eigenvalue weighted by Crippen LogP contribution is -2.45. The van der Waals surface area contributed by atoms with Gasteiger partial charge in [0.15, 0.2) is 17.1 Å². The van der Waals surface area contributed by atoms with E-state index in [-0.39, 0.29) is 5.75 Å². The molecule has 2 aromatic carbocycles. The summed E-state index contributed by atoms with van der Waals surface area (Å²) in [5.74, 6) is -3.62. The number of carboxylic acids is 2. The molecule has 0 amide bonds. The van der Waals surface area contributed by atoms with Gasteiger partial charge in [0.2, 0.25) is 0 Å². The van der Waals surface area contributed by atoms with Gasteiger partial charge in [0, 0.05) is 0 Å². The number of rotatable bonds is 6. The van der Waals surface area contributed by atoms with Crippen molar-refractivity contribution in [2.75, 3.05) is 0 Å². The van der Waals surface area contributed by atoms with Crippen molar-refractivity contribution in [3.63, 3.8) is 0 Å². The van der Waals surface area contributed by atoms with Gasteiger partial charge in [-0.15, -0.1) is 0 Å². The lowest BCUT2D eigenvalue weighted by Gasteiger charge is -2.26. The Morgan fingerprint density at radius 2 is 1.43 bits per heavy atom. The van der Waals surface area contributed by atoms with E-state index in [9.17, 15) is 19.5 Å². The zero-order valence-electron chi connectivity index (χ0n) is 14.4. The number of ether oxygens (including phenoxy) is 3. The predicted octanol–water partition coefficient (Wildman–Crippen LogP) is 2.09. The van der Waals surface area contributed by atoms with Crippen LogP contribution in [0, 0.1) is 0 Å². The molecule has 3 N–H and O–H groups in total. The molecule has 0 saturated heterocycles. The molecule has 1 heterocycles. The number of hydrogen-bond donors (Lipinski definition) is 3. The molecule has 0 saturated carbocycles. The Balaban J connectivity index is 1.94. The van der Waals surface area contributed by atoms with Crippen LogP contribution in [0.25, 0.3) is 0 Å². The summed E-state index contributed by atoms with van der Waals surface area (Å²) in [6.07, 6.45) is -3.67. The third-order valence-electron chi connectivity index (χ3n) is 3.96. The topological polar surface area (TPSA) is 140 Å². The number of fused-ring (bicyclic) bond motifs is 2. The Labute approximate surface area is 158 Å². The quantitative estimate of drug-likeness (QED) is 0.635. The van der Waals surface area contributed by atoms with Crippen molar-refractivity contribution in [3.8, 4) is 17.2 Å². The van der Waals surface area contributed by atoms with Gasteiger partial charge in [0.25, 0.3) is 6.29 Å². The number of esters is 1. The van der Waals surface area contributed by atoms with E-state index in [1.54, 1.807) is 48.5 Å². The molecule has 0 bridgehead atoms. The molecule has 1 unspecified atom stereocenters. The number of aliphatic carboxylic acids is 2. The summed E-state index contributed by atoms with van der Waals surface area (Å²) < 4.78 is 16.7. The third-order valence-corrected chi connectivity index (χ3v) is 3.96. The van der Waals surface area contributed by atoms with Gasteiger partial charge in [-0.3, -0.25) is 9.59 Å². The van der Waals surface area contributed by atoms with Crippen LogP contribution in [0.3, 0.4) is 0 Å². The lowest BCUT2D eigenvalue weighted by atomic mass is 9.95. The van der Waals surface area contributed by atoms with E-state index >= 15 is 0 Å². The Bertz CT molecular complexity index is 905. The number of carbonyl (C=O) groups excluding carboxylic acids is 1. The zero-order chi connectivity index (χ0) is 20.3. The highest BCUT2D eigenvalue weighted by atomic mass is 16.7. The van der Waals surface area contributed by atoms with E-state index in [0.717, 1.165) is 0 Å². The molecule has 0 fully saturated rings. The molecule has 146 valence electrons. The number of benzene rings is 2. The summed E-state index contributed by atoms with van der Waals surface area (Å²) in [5.41, 5.74) is -2.46. The number of carboxylic acid groups (broad SMARTS) is 2. The summed E-state index contributed by atoms with van der Waals surface area (Å²) in [6, 6.07) is 13.1. The first-order chi connectivity index (χ1) is 13.3. The summed E-state index contributed by atoms with van der Waals surface area (Å²) in [6.45, 7) is 0. The van der Waals surface area contributed by atoms with Crippen molar-refractivity contribution in [2.24, 2.45) is 0 Å². The minimum absolute atomic E-state index is 0.247. The molecule has 0 spiro atoms. The summed E-state index contributed by atoms with van der Waals surface area (Å²) >= 11 is 0. The van der Waals surface area contributed by atoms with Gasteiger partial charge in [-0.2, -0.15) is 0 Å². The van der Waals surface area contributed by atoms with Crippen LogP contribution in [-0.2, 0) is 19.1 Å². The average Bonchev–Trinajstić information content (AvgIpc) is 2.76. The normalized spacial score (nSPS) is 15.1. The van der Waals surface area contributed by atoms with Gasteiger partial charge < -0.3 is 29.5 Å². The molecule has 0 aromatic heterocycles. The van der Waals surface area contributed by atoms with Gasteiger partial charge in [-0.1, -0.05) is 24.3 Å². The highest BCUT2D eigenvalue weighted by Gasteiger charge is 2.44. The fourth-order valence-electron chi connectivity index (χ4n) is 2.70. The van der Waals surface area contributed by atoms with E-state index in [1.807, 2.05) is 0 Å². The summed E-state index contributed by atoms with van der Waals surface area (Å²) in [4.78, 5) is 34.5. The van der Waals surface area contributed by atoms with E-state index in [1.165, 1.54) is 0 Å². The van der Waals surface area contributed by atoms with Gasteiger partial charge in [0.1, 0.15) is 5.75 Å². The smallest absolute Gasteiger partial charge is 0.342 e. The zero-order valence-corrected chi connectivity index (χ0v) is 14.4. The van der Waals surface area contributed by atoms with Crippen LogP contribution in [0.1, 0.15) is 24.7 Å². The molecule has 1 atom stereocenters. The molecule has 1 aliphatic rings. The number of para-hydroxylation sites is 3. The SMILES string of the molecule is O=C(O)CC(O)(CC(=O)O)C(=O)OC1Oc2ccccc2Oc2ccccc21. The van der Waals surface area contributed by atoms with Crippen LogP contribution in [0.2, 0.25) is 0 Å².